The van der Waals surface area contributed by atoms with E-state index < -0.39 is 10.1 Å². The van der Waals surface area contributed by atoms with Crippen LogP contribution in [0.4, 0.5) is 0 Å². The molecule has 1 N–H and O–H groups in total. The summed E-state index contributed by atoms with van der Waals surface area (Å²) < 4.78 is 35.7. The first kappa shape index (κ1) is 19.7. The molecule has 2 rings (SSSR count). The Morgan fingerprint density at radius 1 is 1.24 bits per heavy atom. The molecular weight excluding hydrogens is 312 g/mol. The summed E-state index contributed by atoms with van der Waals surface area (Å²) in [5, 5.41) is 0. The van der Waals surface area contributed by atoms with Gasteiger partial charge < -0.3 is 4.74 Å². The molecule has 0 radical (unpaired) electrons. The Morgan fingerprint density at radius 3 is 2.00 bits per heavy atom. The Labute approximate surface area is 131 Å². The molecule has 6 nitrogen and oxygen atoms in total. The lowest BCUT2D eigenvalue weighted by molar-refractivity contribution is 0.162. The van der Waals surface area contributed by atoms with Gasteiger partial charge in [0.05, 0.1) is 4.90 Å². The molecule has 21 heavy (non-hydrogen) atoms. The number of hydrogen-bond acceptors (Lipinski definition) is 5. The summed E-state index contributed by atoms with van der Waals surface area (Å²) in [6, 6.07) is 7.42. The third-order valence-electron chi connectivity index (χ3n) is 1.94. The van der Waals surface area contributed by atoms with Crippen molar-refractivity contribution < 1.29 is 17.7 Å². The molecule has 0 aliphatic rings. The minimum Gasteiger partial charge on any atom is -0.382 e. The molecule has 0 unspecified atom stereocenters. The molecule has 1 aromatic heterocycles. The van der Waals surface area contributed by atoms with Crippen LogP contribution in [0.5, 0.6) is 0 Å². The quantitative estimate of drug-likeness (QED) is 0.667. The summed E-state index contributed by atoms with van der Waals surface area (Å²) >= 11 is 3.89. The lowest BCUT2D eigenvalue weighted by atomic mass is 10.4. The Balaban J connectivity index is 0.000000312. The van der Waals surface area contributed by atoms with Crippen LogP contribution in [0, 0.1) is 0 Å². The van der Waals surface area contributed by atoms with Gasteiger partial charge in [-0.15, -0.1) is 0 Å². The second-order valence-corrected chi connectivity index (χ2v) is 5.40. The molecule has 2 aromatic rings. The molecule has 0 amide bonds. The normalized spacial score (nSPS) is 9.90. The number of ether oxygens (including phenoxy) is 1. The Kier molecular flexibility index (Phi) is 10.6. The van der Waals surface area contributed by atoms with E-state index in [0.717, 1.165) is 13.2 Å². The van der Waals surface area contributed by atoms with Gasteiger partial charge in [0.15, 0.2) is 0 Å². The van der Waals surface area contributed by atoms with E-state index in [2.05, 4.69) is 17.8 Å². The van der Waals surface area contributed by atoms with Gasteiger partial charge in [-0.2, -0.15) is 8.42 Å². The fourth-order valence-corrected chi connectivity index (χ4v) is 1.67. The van der Waals surface area contributed by atoms with Crippen LogP contribution >= 0.6 is 12.8 Å². The van der Waals surface area contributed by atoms with Crippen molar-refractivity contribution in [2.45, 2.75) is 18.7 Å². The number of hydrogen-bond donors (Lipinski definition) is 2. The van der Waals surface area contributed by atoms with Gasteiger partial charge in [-0.1, -0.05) is 31.0 Å². The molecule has 1 heterocycles. The van der Waals surface area contributed by atoms with Crippen LogP contribution in [0.3, 0.4) is 0 Å². The van der Waals surface area contributed by atoms with Gasteiger partial charge in [0.1, 0.15) is 6.33 Å². The predicted octanol–water partition coefficient (Wildman–Crippen LogP) is 2.55. The standard InChI is InChI=1S/C6H6O3S.C4H10O.C3H4N2S/c7-10(8,9)6-4-2-1-3-5-6;1-3-5-4-2;6-5-2-1-4-3-5/h1-5H,(H,7,8,9);3-4H2,1-2H3;1-3,6H. The number of rotatable bonds is 3. The van der Waals surface area contributed by atoms with E-state index in [-0.39, 0.29) is 4.90 Å². The van der Waals surface area contributed by atoms with Crippen LogP contribution in [-0.4, -0.2) is 35.1 Å². The summed E-state index contributed by atoms with van der Waals surface area (Å²) in [6.45, 7) is 5.67. The van der Waals surface area contributed by atoms with Crippen LogP contribution in [0.15, 0.2) is 53.9 Å². The van der Waals surface area contributed by atoms with Crippen molar-refractivity contribution in [2.75, 3.05) is 13.2 Å². The van der Waals surface area contributed by atoms with Crippen LogP contribution in [0.1, 0.15) is 13.8 Å². The van der Waals surface area contributed by atoms with E-state index in [9.17, 15) is 8.42 Å². The zero-order chi connectivity index (χ0) is 16.1. The average Bonchev–Trinajstić information content (AvgIpc) is 2.92. The third-order valence-corrected chi connectivity index (χ3v) is 3.04. The lowest BCUT2D eigenvalue weighted by Crippen LogP contribution is -1.96. The fraction of sp³-hybridized carbons (Fsp3) is 0.308. The number of benzene rings is 1. The first-order chi connectivity index (χ1) is 9.91. The van der Waals surface area contributed by atoms with E-state index in [1.54, 1.807) is 40.9 Å². The van der Waals surface area contributed by atoms with Gasteiger partial charge in [-0.3, -0.25) is 8.53 Å². The Morgan fingerprint density at radius 2 is 1.81 bits per heavy atom. The topological polar surface area (TPSA) is 81.4 Å². The molecular formula is C13H20N2O4S2. The maximum absolute atomic E-state index is 10.4. The maximum atomic E-state index is 10.4. The van der Waals surface area contributed by atoms with E-state index in [4.69, 9.17) is 9.29 Å². The summed E-state index contributed by atoms with van der Waals surface area (Å²) in [4.78, 5) is 3.63. The first-order valence-corrected chi connectivity index (χ1v) is 8.03. The molecule has 0 atom stereocenters. The molecule has 0 fully saturated rings. The molecule has 0 aliphatic heterocycles. The van der Waals surface area contributed by atoms with Crippen LogP contribution in [0.2, 0.25) is 0 Å². The zero-order valence-corrected chi connectivity index (χ0v) is 13.7. The Bertz CT molecular complexity index is 555. The molecule has 1 aromatic carbocycles. The smallest absolute Gasteiger partial charge is 0.294 e. The van der Waals surface area contributed by atoms with E-state index in [1.807, 2.05) is 13.8 Å². The molecule has 0 saturated carbocycles. The molecule has 0 saturated heterocycles. The van der Waals surface area contributed by atoms with E-state index in [1.165, 1.54) is 12.1 Å². The molecule has 8 heteroatoms. The highest BCUT2D eigenvalue weighted by Gasteiger charge is 2.05. The molecule has 0 spiro atoms. The van der Waals surface area contributed by atoms with Gasteiger partial charge in [0, 0.05) is 25.6 Å². The molecule has 0 bridgehead atoms. The highest BCUT2D eigenvalue weighted by Crippen LogP contribution is 2.05. The fourth-order valence-electron chi connectivity index (χ4n) is 1.05. The summed E-state index contributed by atoms with van der Waals surface area (Å²) in [5.74, 6) is 0. The zero-order valence-electron chi connectivity index (χ0n) is 12.0. The molecule has 0 aliphatic carbocycles. The monoisotopic (exact) mass is 332 g/mol. The van der Waals surface area contributed by atoms with Gasteiger partial charge in [0.2, 0.25) is 0 Å². The number of imidazole rings is 1. The number of aromatic nitrogens is 2. The maximum Gasteiger partial charge on any atom is 0.294 e. The van der Waals surface area contributed by atoms with Crippen LogP contribution in [0.25, 0.3) is 0 Å². The largest absolute Gasteiger partial charge is 0.382 e. The Hall–Kier alpha value is -1.35. The van der Waals surface area contributed by atoms with E-state index >= 15 is 0 Å². The highest BCUT2D eigenvalue weighted by molar-refractivity contribution is 7.85. The second kappa shape index (κ2) is 11.3. The number of thiol groups is 1. The van der Waals surface area contributed by atoms with Crippen LogP contribution in [-0.2, 0) is 14.9 Å². The van der Waals surface area contributed by atoms with Gasteiger partial charge >= 0.3 is 0 Å². The molecule has 118 valence electrons. The second-order valence-electron chi connectivity index (χ2n) is 3.51. The SMILES string of the molecule is CCOCC.O=S(=O)(O)c1ccccc1.Sn1ccnc1. The number of nitrogens with zero attached hydrogens (tertiary/aromatic N) is 2. The van der Waals surface area contributed by atoms with Crippen molar-refractivity contribution in [3.05, 3.63) is 49.1 Å². The van der Waals surface area contributed by atoms with E-state index in [0.29, 0.717) is 0 Å². The average molecular weight is 332 g/mol. The lowest BCUT2D eigenvalue weighted by Gasteiger charge is -1.92. The van der Waals surface area contributed by atoms with Crippen molar-refractivity contribution in [3.63, 3.8) is 0 Å². The first-order valence-electron chi connectivity index (χ1n) is 6.19. The van der Waals surface area contributed by atoms with Crippen molar-refractivity contribution in [2.24, 2.45) is 0 Å². The van der Waals surface area contributed by atoms with Gasteiger partial charge in [0.25, 0.3) is 10.1 Å². The van der Waals surface area contributed by atoms with Gasteiger partial charge in [-0.25, -0.2) is 4.98 Å². The van der Waals surface area contributed by atoms with Crippen molar-refractivity contribution in [3.8, 4) is 0 Å². The van der Waals surface area contributed by atoms with Crippen molar-refractivity contribution >= 4 is 22.9 Å². The van der Waals surface area contributed by atoms with Crippen molar-refractivity contribution in [1.82, 2.24) is 8.96 Å². The highest BCUT2D eigenvalue weighted by atomic mass is 32.2. The minimum absolute atomic E-state index is 0.0741. The van der Waals surface area contributed by atoms with Crippen molar-refractivity contribution in [1.29, 1.82) is 0 Å². The predicted molar refractivity (Wildman–Crippen MR) is 85.0 cm³/mol. The van der Waals surface area contributed by atoms with Gasteiger partial charge in [-0.05, 0) is 26.0 Å². The van der Waals surface area contributed by atoms with Crippen LogP contribution < -0.4 is 0 Å². The minimum atomic E-state index is -4.00. The summed E-state index contributed by atoms with van der Waals surface area (Å²) in [5.41, 5.74) is 0. The summed E-state index contributed by atoms with van der Waals surface area (Å²) in [7, 11) is -4.00. The third kappa shape index (κ3) is 11.0. The summed E-state index contributed by atoms with van der Waals surface area (Å²) in [6.07, 6.45) is 5.04.